The first kappa shape index (κ1) is 16.5. The van der Waals surface area contributed by atoms with E-state index in [1.165, 1.54) is 56.3 Å². The van der Waals surface area contributed by atoms with Crippen LogP contribution in [0.5, 0.6) is 0 Å². The molecule has 1 aromatic carbocycles. The van der Waals surface area contributed by atoms with Gasteiger partial charge in [0.05, 0.1) is 0 Å². The average molecular weight is 314 g/mol. The normalized spacial score (nSPS) is 22.6. The van der Waals surface area contributed by atoms with E-state index in [0.29, 0.717) is 12.3 Å². The first-order valence-electron chi connectivity index (χ1n) is 9.27. The zero-order chi connectivity index (χ0) is 16.1. The number of nitrogens with one attached hydrogen (secondary N) is 1. The lowest BCUT2D eigenvalue weighted by Crippen LogP contribution is -2.34. The molecular formula is C20H30N2O. The summed E-state index contributed by atoms with van der Waals surface area (Å²) in [5, 5.41) is 3.15. The molecule has 2 fully saturated rings. The van der Waals surface area contributed by atoms with Crippen molar-refractivity contribution in [1.29, 1.82) is 0 Å². The molecule has 1 aromatic rings. The van der Waals surface area contributed by atoms with Gasteiger partial charge in [-0.3, -0.25) is 4.79 Å². The fourth-order valence-corrected chi connectivity index (χ4v) is 3.99. The highest BCUT2D eigenvalue weighted by atomic mass is 16.1. The quantitative estimate of drug-likeness (QED) is 0.874. The molecule has 0 unspecified atom stereocenters. The Balaban J connectivity index is 1.33. The number of carbonyl (C=O) groups is 1. The number of carbonyl (C=O) groups excluding carboxylic acids is 1. The van der Waals surface area contributed by atoms with Crippen molar-refractivity contribution in [3.63, 3.8) is 0 Å². The predicted octanol–water partition coefficient (Wildman–Crippen LogP) is 3.31. The summed E-state index contributed by atoms with van der Waals surface area (Å²) < 4.78 is 0. The molecule has 1 amide bonds. The van der Waals surface area contributed by atoms with Crippen molar-refractivity contribution in [3.05, 3.63) is 35.4 Å². The minimum Gasteiger partial charge on any atom is -0.356 e. The first-order chi connectivity index (χ1) is 11.2. The van der Waals surface area contributed by atoms with E-state index in [-0.39, 0.29) is 5.91 Å². The zero-order valence-electron chi connectivity index (χ0n) is 14.4. The maximum Gasteiger partial charge on any atom is 0.220 e. The van der Waals surface area contributed by atoms with E-state index >= 15 is 0 Å². The molecule has 126 valence electrons. The van der Waals surface area contributed by atoms with Crippen molar-refractivity contribution < 1.29 is 4.79 Å². The number of hydrogen-bond acceptors (Lipinski definition) is 2. The minimum atomic E-state index is 0.199. The van der Waals surface area contributed by atoms with Gasteiger partial charge in [-0.05, 0) is 50.6 Å². The van der Waals surface area contributed by atoms with Gasteiger partial charge in [-0.2, -0.15) is 0 Å². The van der Waals surface area contributed by atoms with Crippen LogP contribution in [-0.2, 0) is 11.2 Å². The molecule has 0 radical (unpaired) electrons. The summed E-state index contributed by atoms with van der Waals surface area (Å²) >= 11 is 0. The Bertz CT molecular complexity index is 505. The van der Waals surface area contributed by atoms with Crippen molar-refractivity contribution in [3.8, 4) is 0 Å². The van der Waals surface area contributed by atoms with Crippen LogP contribution >= 0.6 is 0 Å². The maximum atomic E-state index is 12.1. The Morgan fingerprint density at radius 2 is 1.91 bits per heavy atom. The number of likely N-dealkylation sites (tertiary alicyclic amines) is 1. The number of benzene rings is 1. The highest BCUT2D eigenvalue weighted by Crippen LogP contribution is 2.28. The molecule has 0 spiro atoms. The van der Waals surface area contributed by atoms with Crippen LogP contribution in [0.1, 0.15) is 49.7 Å². The standard InChI is InChI=1S/C20H30N2O/c1-16-6-8-17(9-7-16)10-11-20(23)21-14-18-12-13-22(15-18)19-4-2-3-5-19/h6-9,18-19H,2-5,10-15H2,1H3,(H,21,23)/t18-/m0/s1. The summed E-state index contributed by atoms with van der Waals surface area (Å²) in [5.74, 6) is 0.851. The minimum absolute atomic E-state index is 0.199. The van der Waals surface area contributed by atoms with E-state index < -0.39 is 0 Å². The van der Waals surface area contributed by atoms with E-state index in [4.69, 9.17) is 0 Å². The van der Waals surface area contributed by atoms with Crippen LogP contribution in [-0.4, -0.2) is 36.5 Å². The van der Waals surface area contributed by atoms with Gasteiger partial charge in [-0.25, -0.2) is 0 Å². The van der Waals surface area contributed by atoms with E-state index in [2.05, 4.69) is 41.4 Å². The molecule has 1 heterocycles. The largest absolute Gasteiger partial charge is 0.356 e. The Labute approximate surface area is 140 Å². The third-order valence-electron chi connectivity index (χ3n) is 5.51. The molecule has 0 bridgehead atoms. The van der Waals surface area contributed by atoms with Gasteiger partial charge in [-0.15, -0.1) is 0 Å². The van der Waals surface area contributed by atoms with Crippen molar-refractivity contribution >= 4 is 5.91 Å². The molecule has 2 aliphatic rings. The van der Waals surface area contributed by atoms with Crippen molar-refractivity contribution in [2.45, 2.75) is 57.9 Å². The van der Waals surface area contributed by atoms with Gasteiger partial charge >= 0.3 is 0 Å². The fraction of sp³-hybridized carbons (Fsp3) is 0.650. The van der Waals surface area contributed by atoms with E-state index in [9.17, 15) is 4.79 Å². The van der Waals surface area contributed by atoms with Crippen LogP contribution in [0, 0.1) is 12.8 Å². The second kappa shape index (κ2) is 7.96. The van der Waals surface area contributed by atoms with Crippen LogP contribution in [0.15, 0.2) is 24.3 Å². The number of aryl methyl sites for hydroxylation is 2. The zero-order valence-corrected chi connectivity index (χ0v) is 14.4. The summed E-state index contributed by atoms with van der Waals surface area (Å²) in [5.41, 5.74) is 2.52. The van der Waals surface area contributed by atoms with Crippen LogP contribution in [0.2, 0.25) is 0 Å². The number of nitrogens with zero attached hydrogens (tertiary/aromatic N) is 1. The predicted molar refractivity (Wildman–Crippen MR) is 94.4 cm³/mol. The van der Waals surface area contributed by atoms with Crippen LogP contribution in [0.4, 0.5) is 0 Å². The lowest BCUT2D eigenvalue weighted by molar-refractivity contribution is -0.121. The Hall–Kier alpha value is -1.35. The number of rotatable bonds is 6. The summed E-state index contributed by atoms with van der Waals surface area (Å²) in [7, 11) is 0. The summed E-state index contributed by atoms with van der Waals surface area (Å²) in [6, 6.07) is 9.31. The number of hydrogen-bond donors (Lipinski definition) is 1. The summed E-state index contributed by atoms with van der Waals surface area (Å²) in [4.78, 5) is 14.7. The highest BCUT2D eigenvalue weighted by Gasteiger charge is 2.29. The van der Waals surface area contributed by atoms with Crippen molar-refractivity contribution in [2.75, 3.05) is 19.6 Å². The van der Waals surface area contributed by atoms with Crippen molar-refractivity contribution in [1.82, 2.24) is 10.2 Å². The van der Waals surface area contributed by atoms with Gasteiger partial charge in [0.15, 0.2) is 0 Å². The monoisotopic (exact) mass is 314 g/mol. The Morgan fingerprint density at radius 1 is 1.17 bits per heavy atom. The van der Waals surface area contributed by atoms with Gasteiger partial charge in [0, 0.05) is 25.6 Å². The van der Waals surface area contributed by atoms with Gasteiger partial charge in [-0.1, -0.05) is 42.7 Å². The topological polar surface area (TPSA) is 32.3 Å². The molecule has 1 aliphatic carbocycles. The average Bonchev–Trinajstić information content (AvgIpc) is 3.23. The molecule has 1 saturated heterocycles. The summed E-state index contributed by atoms with van der Waals surface area (Å²) in [6.07, 6.45) is 8.26. The van der Waals surface area contributed by atoms with E-state index in [1.807, 2.05) is 0 Å². The molecule has 1 N–H and O–H groups in total. The molecular weight excluding hydrogens is 284 g/mol. The van der Waals surface area contributed by atoms with Gasteiger partial charge in [0.1, 0.15) is 0 Å². The number of amides is 1. The highest BCUT2D eigenvalue weighted by molar-refractivity contribution is 5.76. The van der Waals surface area contributed by atoms with Crippen LogP contribution in [0.25, 0.3) is 0 Å². The lowest BCUT2D eigenvalue weighted by Gasteiger charge is -2.23. The Morgan fingerprint density at radius 3 is 2.65 bits per heavy atom. The molecule has 1 saturated carbocycles. The molecule has 23 heavy (non-hydrogen) atoms. The summed E-state index contributed by atoms with van der Waals surface area (Å²) in [6.45, 7) is 5.36. The Kier molecular flexibility index (Phi) is 5.71. The molecule has 3 heteroatoms. The lowest BCUT2D eigenvalue weighted by atomic mass is 10.1. The molecule has 3 nitrogen and oxygen atoms in total. The first-order valence-corrected chi connectivity index (χ1v) is 9.27. The SMILES string of the molecule is Cc1ccc(CCC(=O)NC[C@@H]2CCN(C3CCCC3)C2)cc1. The third kappa shape index (κ3) is 4.81. The maximum absolute atomic E-state index is 12.1. The van der Waals surface area contributed by atoms with Crippen molar-refractivity contribution in [2.24, 2.45) is 5.92 Å². The molecule has 0 aromatic heterocycles. The van der Waals surface area contributed by atoms with Crippen LogP contribution in [0.3, 0.4) is 0 Å². The van der Waals surface area contributed by atoms with Gasteiger partial charge < -0.3 is 10.2 Å². The fourth-order valence-electron chi connectivity index (χ4n) is 3.99. The van der Waals surface area contributed by atoms with Gasteiger partial charge in [0.2, 0.25) is 5.91 Å². The third-order valence-corrected chi connectivity index (χ3v) is 5.51. The van der Waals surface area contributed by atoms with Gasteiger partial charge in [0.25, 0.3) is 0 Å². The second-order valence-corrected chi connectivity index (χ2v) is 7.38. The second-order valence-electron chi connectivity index (χ2n) is 7.38. The van der Waals surface area contributed by atoms with E-state index in [1.54, 1.807) is 0 Å². The molecule has 3 rings (SSSR count). The smallest absolute Gasteiger partial charge is 0.220 e. The molecule has 1 atom stereocenters. The van der Waals surface area contributed by atoms with Crippen LogP contribution < -0.4 is 5.32 Å². The molecule has 1 aliphatic heterocycles. The van der Waals surface area contributed by atoms with E-state index in [0.717, 1.165) is 19.0 Å².